The number of aliphatic hydroxyl groups excluding tert-OH is 2. The van der Waals surface area contributed by atoms with E-state index in [9.17, 15) is 30.0 Å². The van der Waals surface area contributed by atoms with Crippen molar-refractivity contribution in [3.63, 3.8) is 0 Å². The number of rotatable bonds is 12. The number of carbonyl (C=O) groups excluding carboxylic acids is 1. The first-order chi connectivity index (χ1) is 24.8. The number of ketones is 1. The van der Waals surface area contributed by atoms with Crippen molar-refractivity contribution >= 4 is 11.8 Å². The third-order valence-corrected chi connectivity index (χ3v) is 14.4. The molecule has 0 unspecified atom stereocenters. The van der Waals surface area contributed by atoms with E-state index >= 15 is 0 Å². The van der Waals surface area contributed by atoms with Gasteiger partial charge in [-0.3, -0.25) is 9.59 Å². The predicted octanol–water partition coefficient (Wildman–Crippen LogP) is 6.19. The minimum absolute atomic E-state index is 0.0137. The van der Waals surface area contributed by atoms with Gasteiger partial charge >= 0.3 is 5.97 Å². The Balaban J connectivity index is 1.31. The fourth-order valence-electron chi connectivity index (χ4n) is 10.5. The quantitative estimate of drug-likeness (QED) is 0.169. The summed E-state index contributed by atoms with van der Waals surface area (Å²) in [5.74, 6) is -5.78. The van der Waals surface area contributed by atoms with Crippen molar-refractivity contribution in [1.29, 1.82) is 0 Å². The second-order valence-electron chi connectivity index (χ2n) is 17.9. The summed E-state index contributed by atoms with van der Waals surface area (Å²) in [6, 6.07) is 0. The summed E-state index contributed by atoms with van der Waals surface area (Å²) in [6.45, 7) is 19.6. The summed E-state index contributed by atoms with van der Waals surface area (Å²) >= 11 is 0. The molecular formula is C42H70O11. The topological polar surface area (TPSA) is 161 Å². The van der Waals surface area contributed by atoms with Gasteiger partial charge in [-0.25, -0.2) is 0 Å². The van der Waals surface area contributed by atoms with Crippen molar-refractivity contribution in [2.75, 3.05) is 0 Å². The highest BCUT2D eigenvalue weighted by Gasteiger charge is 2.63. The van der Waals surface area contributed by atoms with Gasteiger partial charge in [0.15, 0.2) is 5.79 Å². The molecule has 5 heterocycles. The molecule has 0 aliphatic carbocycles. The fraction of sp³-hybridized carbons (Fsp3) is 0.905. The molecule has 0 aromatic carbocycles. The van der Waals surface area contributed by atoms with Crippen LogP contribution < -0.4 is 0 Å². The summed E-state index contributed by atoms with van der Waals surface area (Å²) in [5.41, 5.74) is -1.63. The molecule has 5 rings (SSSR count). The molecule has 53 heavy (non-hydrogen) atoms. The van der Waals surface area contributed by atoms with Gasteiger partial charge in [0.05, 0.1) is 53.7 Å². The second-order valence-corrected chi connectivity index (χ2v) is 17.9. The van der Waals surface area contributed by atoms with Crippen LogP contribution in [0.25, 0.3) is 0 Å². The van der Waals surface area contributed by atoms with E-state index in [1.807, 2.05) is 41.5 Å². The Hall–Kier alpha value is -1.44. The van der Waals surface area contributed by atoms with Crippen LogP contribution >= 0.6 is 0 Å². The second kappa shape index (κ2) is 16.2. The first-order valence-corrected chi connectivity index (χ1v) is 20.7. The Morgan fingerprint density at radius 3 is 2.17 bits per heavy atom. The standard InChI is InChI=1S/C42H70O11/c1-11-29(38(46)47)31-15-14-23(4)36(50-31)27(8)34(44)26(7)35(45)30(12-2)37-24(5)22-25(6)41(51-37)19-16-32(43)42(53-41)21-20-39(10,52-42)33-17-18-40(48,13-3)28(9)49-33/h16,19,23-34,36-37,43-44,48H,11-15,17-18,20-22H2,1-10H3,(H,46,47)/t23-,24-,25+,26+,27-,28-,29-,30+,31+,32+,33-,34-,36+,37+,39+,40+,41-,42-/m0/s1. The van der Waals surface area contributed by atoms with E-state index in [0.717, 1.165) is 6.42 Å². The molecule has 11 heteroatoms. The summed E-state index contributed by atoms with van der Waals surface area (Å²) < 4.78 is 33.5. The average Bonchev–Trinajstić information content (AvgIpc) is 3.47. The van der Waals surface area contributed by atoms with Gasteiger partial charge in [-0.05, 0) is 95.6 Å². The van der Waals surface area contributed by atoms with E-state index in [1.165, 1.54) is 0 Å². The van der Waals surface area contributed by atoms with E-state index in [4.69, 9.17) is 23.7 Å². The number of hydrogen-bond acceptors (Lipinski definition) is 10. The molecule has 0 aromatic rings. The van der Waals surface area contributed by atoms with Crippen LogP contribution in [-0.4, -0.2) is 97.7 Å². The van der Waals surface area contributed by atoms with Gasteiger partial charge in [0.1, 0.15) is 11.9 Å². The van der Waals surface area contributed by atoms with Crippen molar-refractivity contribution in [2.24, 2.45) is 41.4 Å². The fourth-order valence-corrected chi connectivity index (χ4v) is 10.5. The number of hydrogen-bond donors (Lipinski definition) is 4. The summed E-state index contributed by atoms with van der Waals surface area (Å²) in [4.78, 5) is 26.4. The Morgan fingerprint density at radius 2 is 1.57 bits per heavy atom. The lowest BCUT2D eigenvalue weighted by Gasteiger charge is -2.54. The molecule has 0 saturated carbocycles. The molecule has 4 saturated heterocycles. The third kappa shape index (κ3) is 7.94. The molecule has 304 valence electrons. The molecule has 4 fully saturated rings. The zero-order chi connectivity index (χ0) is 39.3. The number of Topliss-reactive ketones (excluding diaryl/α,β-unsaturated/α-hetero) is 1. The lowest BCUT2D eigenvalue weighted by Crippen LogP contribution is -2.63. The van der Waals surface area contributed by atoms with Crippen LogP contribution in [0.2, 0.25) is 0 Å². The number of carboxylic acid groups (broad SMARTS) is 1. The Bertz CT molecular complexity index is 1320. The third-order valence-electron chi connectivity index (χ3n) is 14.4. The van der Waals surface area contributed by atoms with Crippen molar-refractivity contribution < 1.29 is 53.7 Å². The highest BCUT2D eigenvalue weighted by atomic mass is 16.8. The zero-order valence-corrected chi connectivity index (χ0v) is 34.0. The first kappa shape index (κ1) is 42.7. The normalized spacial score (nSPS) is 46.2. The maximum Gasteiger partial charge on any atom is 0.309 e. The Morgan fingerprint density at radius 1 is 0.887 bits per heavy atom. The van der Waals surface area contributed by atoms with E-state index < -0.39 is 76.8 Å². The van der Waals surface area contributed by atoms with E-state index in [2.05, 4.69) is 20.8 Å². The molecular weight excluding hydrogens is 680 g/mol. The molecule has 11 nitrogen and oxygen atoms in total. The van der Waals surface area contributed by atoms with Crippen LogP contribution in [0.5, 0.6) is 0 Å². The molecule has 4 N–H and O–H groups in total. The SMILES string of the molecule is CC[C@H](C(=O)[C@H](C)[C@H](O)[C@H](C)[C@@H]1O[C@@H]([C@H](CC)C(=O)O)CC[C@@H]1C)[C@@H]1O[C@]2(C=C[C@@H](O)[C@]3(CC[C@](C)([C@@H]4CC[C@](O)(CC)[C@H](C)O4)O3)O2)[C@H](C)C[C@@H]1C. The van der Waals surface area contributed by atoms with Crippen molar-refractivity contribution in [3.8, 4) is 0 Å². The van der Waals surface area contributed by atoms with Gasteiger partial charge in [0, 0.05) is 30.1 Å². The lowest BCUT2D eigenvalue weighted by molar-refractivity contribution is -0.409. The number of aliphatic hydroxyl groups is 3. The van der Waals surface area contributed by atoms with Gasteiger partial charge in [-0.2, -0.15) is 0 Å². The van der Waals surface area contributed by atoms with Crippen LogP contribution in [-0.2, 0) is 33.3 Å². The molecule has 0 aromatic heterocycles. The first-order valence-electron chi connectivity index (χ1n) is 20.7. The average molecular weight is 751 g/mol. The number of carboxylic acids is 1. The van der Waals surface area contributed by atoms with E-state index in [1.54, 1.807) is 19.1 Å². The minimum Gasteiger partial charge on any atom is -0.481 e. The molecule has 5 aliphatic heterocycles. The van der Waals surface area contributed by atoms with E-state index in [0.29, 0.717) is 57.8 Å². The molecule has 2 spiro atoms. The summed E-state index contributed by atoms with van der Waals surface area (Å²) in [6.07, 6.45) is 5.51. The van der Waals surface area contributed by atoms with Crippen LogP contribution in [0.3, 0.4) is 0 Å². The molecule has 0 bridgehead atoms. The smallest absolute Gasteiger partial charge is 0.309 e. The van der Waals surface area contributed by atoms with Gasteiger partial charge in [0.25, 0.3) is 0 Å². The number of ether oxygens (including phenoxy) is 5. The lowest BCUT2D eigenvalue weighted by atomic mass is 9.72. The van der Waals surface area contributed by atoms with Crippen molar-refractivity contribution in [2.45, 2.75) is 199 Å². The summed E-state index contributed by atoms with van der Waals surface area (Å²) in [5, 5.41) is 44.0. The molecule has 18 atom stereocenters. The maximum absolute atomic E-state index is 14.4. The van der Waals surface area contributed by atoms with Crippen molar-refractivity contribution in [1.82, 2.24) is 0 Å². The van der Waals surface area contributed by atoms with Crippen LogP contribution in [0.1, 0.15) is 133 Å². The van der Waals surface area contributed by atoms with Crippen molar-refractivity contribution in [3.05, 3.63) is 12.2 Å². The zero-order valence-electron chi connectivity index (χ0n) is 34.0. The Kier molecular flexibility index (Phi) is 13.0. The Labute approximate surface area is 317 Å². The van der Waals surface area contributed by atoms with Gasteiger partial charge in [0.2, 0.25) is 5.79 Å². The maximum atomic E-state index is 14.4. The van der Waals surface area contributed by atoms with Crippen LogP contribution in [0.4, 0.5) is 0 Å². The largest absolute Gasteiger partial charge is 0.481 e. The highest BCUT2D eigenvalue weighted by Crippen LogP contribution is 2.54. The summed E-state index contributed by atoms with van der Waals surface area (Å²) in [7, 11) is 0. The molecule has 0 amide bonds. The van der Waals surface area contributed by atoms with Crippen LogP contribution in [0.15, 0.2) is 12.2 Å². The number of aliphatic carboxylic acids is 1. The molecule has 0 radical (unpaired) electrons. The van der Waals surface area contributed by atoms with Gasteiger partial charge in [-0.15, -0.1) is 0 Å². The van der Waals surface area contributed by atoms with Crippen LogP contribution in [0, 0.1) is 41.4 Å². The monoisotopic (exact) mass is 750 g/mol. The van der Waals surface area contributed by atoms with Gasteiger partial charge in [-0.1, -0.05) is 55.4 Å². The predicted molar refractivity (Wildman–Crippen MR) is 199 cm³/mol. The van der Waals surface area contributed by atoms with E-state index in [-0.39, 0.29) is 41.8 Å². The highest BCUT2D eigenvalue weighted by molar-refractivity contribution is 5.84. The molecule has 5 aliphatic rings. The number of carbonyl (C=O) groups is 2. The van der Waals surface area contributed by atoms with Gasteiger partial charge < -0.3 is 44.1 Å². The minimum atomic E-state index is -1.37.